The first kappa shape index (κ1) is 9.20. The zero-order chi connectivity index (χ0) is 10.8. The molecule has 0 saturated carbocycles. The number of nitrogens with two attached hydrogens (primary N) is 1. The molecule has 1 aromatic carbocycles. The van der Waals surface area contributed by atoms with Crippen LogP contribution in [0.25, 0.3) is 5.69 Å². The van der Waals surface area contributed by atoms with Crippen molar-refractivity contribution in [3.8, 4) is 5.69 Å². The lowest BCUT2D eigenvalue weighted by Crippen LogP contribution is -2.09. The average molecular weight is 204 g/mol. The number of nitrogen functional groups attached to an aromatic ring is 1. The number of aromatic nitrogens is 3. The monoisotopic (exact) mass is 204 g/mol. The summed E-state index contributed by atoms with van der Waals surface area (Å²) in [6, 6.07) is 4.82. The molecule has 2 rings (SSSR count). The number of hydrogen-bond donors (Lipinski definition) is 2. The van der Waals surface area contributed by atoms with E-state index in [0.717, 1.165) is 0 Å². The molecular weight excluding hydrogens is 196 g/mol. The third-order valence-corrected chi connectivity index (χ3v) is 1.96. The van der Waals surface area contributed by atoms with E-state index in [1.54, 1.807) is 18.3 Å². The van der Waals surface area contributed by atoms with Crippen LogP contribution in [0.1, 0.15) is 10.4 Å². The Bertz CT molecular complexity index is 493. The maximum absolute atomic E-state index is 11.0. The molecule has 0 amide bonds. The molecule has 0 spiro atoms. The normalized spacial score (nSPS) is 10.1. The number of hydrogen-bond acceptors (Lipinski definition) is 4. The molecule has 0 aliphatic rings. The van der Waals surface area contributed by atoms with Gasteiger partial charge in [0.2, 0.25) is 0 Å². The Labute approximate surface area is 84.9 Å². The predicted octanol–water partition coefficient (Wildman–Crippen LogP) is 0.548. The van der Waals surface area contributed by atoms with E-state index in [9.17, 15) is 4.79 Å². The highest BCUT2D eigenvalue weighted by Gasteiger charge is 2.15. The quantitative estimate of drug-likeness (QED) is 0.696. The van der Waals surface area contributed by atoms with Crippen molar-refractivity contribution >= 4 is 11.7 Å². The van der Waals surface area contributed by atoms with Crippen LogP contribution in [0.2, 0.25) is 0 Å². The molecule has 6 nitrogen and oxygen atoms in total. The summed E-state index contributed by atoms with van der Waals surface area (Å²) < 4.78 is 1.36. The molecule has 0 aliphatic carbocycles. The lowest BCUT2D eigenvalue weighted by Gasteiger charge is -2.07. The average Bonchev–Trinajstić information content (AvgIpc) is 2.69. The van der Waals surface area contributed by atoms with Crippen LogP contribution in [0.5, 0.6) is 0 Å². The van der Waals surface area contributed by atoms with Crippen molar-refractivity contribution in [2.75, 3.05) is 5.73 Å². The van der Waals surface area contributed by atoms with E-state index in [-0.39, 0.29) is 11.3 Å². The zero-order valence-electron chi connectivity index (χ0n) is 7.66. The second kappa shape index (κ2) is 3.41. The van der Waals surface area contributed by atoms with Gasteiger partial charge in [0.1, 0.15) is 5.56 Å². The summed E-state index contributed by atoms with van der Waals surface area (Å²) >= 11 is 0. The Morgan fingerprint density at radius 1 is 1.47 bits per heavy atom. The lowest BCUT2D eigenvalue weighted by atomic mass is 10.1. The molecule has 1 heterocycles. The zero-order valence-corrected chi connectivity index (χ0v) is 7.66. The van der Waals surface area contributed by atoms with Gasteiger partial charge in [-0.3, -0.25) is 0 Å². The first-order valence-corrected chi connectivity index (χ1v) is 4.18. The van der Waals surface area contributed by atoms with Crippen LogP contribution >= 0.6 is 0 Å². The van der Waals surface area contributed by atoms with Crippen LogP contribution in [0.4, 0.5) is 5.69 Å². The maximum Gasteiger partial charge on any atom is 0.340 e. The van der Waals surface area contributed by atoms with Crippen molar-refractivity contribution < 1.29 is 9.90 Å². The van der Waals surface area contributed by atoms with Crippen molar-refractivity contribution in [3.05, 3.63) is 36.2 Å². The molecule has 6 heteroatoms. The van der Waals surface area contributed by atoms with Gasteiger partial charge in [0.25, 0.3) is 0 Å². The van der Waals surface area contributed by atoms with Crippen LogP contribution in [0, 0.1) is 0 Å². The Morgan fingerprint density at radius 2 is 2.27 bits per heavy atom. The van der Waals surface area contributed by atoms with Gasteiger partial charge < -0.3 is 10.8 Å². The molecule has 0 atom stereocenters. The first-order valence-electron chi connectivity index (χ1n) is 4.18. The predicted molar refractivity (Wildman–Crippen MR) is 52.7 cm³/mol. The maximum atomic E-state index is 11.0. The van der Waals surface area contributed by atoms with E-state index in [4.69, 9.17) is 10.8 Å². The van der Waals surface area contributed by atoms with Crippen LogP contribution < -0.4 is 5.73 Å². The third kappa shape index (κ3) is 1.52. The van der Waals surface area contributed by atoms with Crippen molar-refractivity contribution in [1.29, 1.82) is 0 Å². The van der Waals surface area contributed by atoms with Gasteiger partial charge >= 0.3 is 5.97 Å². The molecule has 2 aromatic rings. The fourth-order valence-corrected chi connectivity index (χ4v) is 1.32. The Hall–Kier alpha value is -2.37. The summed E-state index contributed by atoms with van der Waals surface area (Å²) in [5, 5.41) is 16.3. The van der Waals surface area contributed by atoms with Crippen LogP contribution in [-0.4, -0.2) is 26.1 Å². The van der Waals surface area contributed by atoms with Gasteiger partial charge in [-0.05, 0) is 12.1 Å². The molecule has 3 N–H and O–H groups in total. The van der Waals surface area contributed by atoms with E-state index in [1.165, 1.54) is 16.9 Å². The van der Waals surface area contributed by atoms with Crippen molar-refractivity contribution in [1.82, 2.24) is 15.0 Å². The topological polar surface area (TPSA) is 94.0 Å². The first-order chi connectivity index (χ1) is 7.20. The highest BCUT2D eigenvalue weighted by molar-refractivity contribution is 5.97. The second-order valence-corrected chi connectivity index (χ2v) is 2.89. The number of rotatable bonds is 2. The largest absolute Gasteiger partial charge is 0.478 e. The van der Waals surface area contributed by atoms with Crippen molar-refractivity contribution in [3.63, 3.8) is 0 Å². The van der Waals surface area contributed by atoms with Crippen LogP contribution in [-0.2, 0) is 0 Å². The summed E-state index contributed by atoms with van der Waals surface area (Å²) in [5.74, 6) is -1.08. The number of aromatic carboxylic acids is 1. The fourth-order valence-electron chi connectivity index (χ4n) is 1.32. The second-order valence-electron chi connectivity index (χ2n) is 2.89. The number of carbonyl (C=O) groups is 1. The number of carboxylic acid groups (broad SMARTS) is 1. The minimum absolute atomic E-state index is 0.0306. The van der Waals surface area contributed by atoms with Gasteiger partial charge in [0, 0.05) is 5.69 Å². The van der Waals surface area contributed by atoms with Crippen LogP contribution in [0.3, 0.4) is 0 Å². The van der Waals surface area contributed by atoms with Gasteiger partial charge in [-0.25, -0.2) is 9.48 Å². The van der Waals surface area contributed by atoms with Crippen LogP contribution in [0.15, 0.2) is 30.6 Å². The molecule has 0 fully saturated rings. The van der Waals surface area contributed by atoms with E-state index in [2.05, 4.69) is 10.3 Å². The Morgan fingerprint density at radius 3 is 2.87 bits per heavy atom. The molecule has 0 saturated heterocycles. The minimum Gasteiger partial charge on any atom is -0.478 e. The summed E-state index contributed by atoms with van der Waals surface area (Å²) in [4.78, 5) is 11.0. The highest BCUT2D eigenvalue weighted by atomic mass is 16.4. The van der Waals surface area contributed by atoms with E-state index in [1.807, 2.05) is 0 Å². The van der Waals surface area contributed by atoms with Gasteiger partial charge in [-0.2, -0.15) is 0 Å². The molecule has 0 bridgehead atoms. The number of carboxylic acids is 1. The van der Waals surface area contributed by atoms with Gasteiger partial charge in [-0.1, -0.05) is 11.3 Å². The number of benzene rings is 1. The molecule has 15 heavy (non-hydrogen) atoms. The van der Waals surface area contributed by atoms with E-state index in [0.29, 0.717) is 5.69 Å². The Kier molecular flexibility index (Phi) is 2.09. The van der Waals surface area contributed by atoms with E-state index >= 15 is 0 Å². The fraction of sp³-hybridized carbons (Fsp3) is 0. The summed E-state index contributed by atoms with van der Waals surface area (Å²) in [7, 11) is 0. The van der Waals surface area contributed by atoms with Gasteiger partial charge in [0.05, 0.1) is 18.1 Å². The SMILES string of the molecule is Nc1cccc(-n2ccnn2)c1C(=O)O. The standard InChI is InChI=1S/C9H8N4O2/c10-6-2-1-3-7(8(6)9(14)15)13-5-4-11-12-13/h1-5H,10H2,(H,14,15). The van der Waals surface area contributed by atoms with Gasteiger partial charge in [-0.15, -0.1) is 5.10 Å². The number of anilines is 1. The lowest BCUT2D eigenvalue weighted by molar-refractivity contribution is 0.0698. The van der Waals surface area contributed by atoms with E-state index < -0.39 is 5.97 Å². The number of nitrogens with zero attached hydrogens (tertiary/aromatic N) is 3. The van der Waals surface area contributed by atoms with Crippen molar-refractivity contribution in [2.45, 2.75) is 0 Å². The molecular formula is C9H8N4O2. The highest BCUT2D eigenvalue weighted by Crippen LogP contribution is 2.19. The molecule has 0 radical (unpaired) electrons. The smallest absolute Gasteiger partial charge is 0.340 e. The summed E-state index contributed by atoms with van der Waals surface area (Å²) in [6.07, 6.45) is 3.02. The molecule has 1 aromatic heterocycles. The molecule has 76 valence electrons. The molecule has 0 unspecified atom stereocenters. The molecule has 0 aliphatic heterocycles. The Balaban J connectivity index is 2.66. The summed E-state index contributed by atoms with van der Waals surface area (Å²) in [5.41, 5.74) is 6.22. The van der Waals surface area contributed by atoms with Crippen molar-refractivity contribution in [2.24, 2.45) is 0 Å². The summed E-state index contributed by atoms with van der Waals surface area (Å²) in [6.45, 7) is 0. The van der Waals surface area contributed by atoms with Gasteiger partial charge in [0.15, 0.2) is 0 Å². The minimum atomic E-state index is -1.08. The third-order valence-electron chi connectivity index (χ3n) is 1.96.